The van der Waals surface area contributed by atoms with Gasteiger partial charge in [-0.3, -0.25) is 9.59 Å². The van der Waals surface area contributed by atoms with E-state index in [1.165, 1.54) is 12.1 Å². The Kier molecular flexibility index (Phi) is 6.47. The maximum atomic E-state index is 13.0. The highest BCUT2D eigenvalue weighted by Gasteiger charge is 2.23. The number of carbonyl (C=O) groups is 2. The molecule has 2 amide bonds. The third-order valence-corrected chi connectivity index (χ3v) is 4.80. The number of para-hydroxylation sites is 1. The molecule has 1 heterocycles. The number of carbonyl (C=O) groups excluding carboxylic acids is 2. The molecule has 6 nitrogen and oxygen atoms in total. The minimum absolute atomic E-state index is 0.175. The van der Waals surface area contributed by atoms with E-state index in [0.29, 0.717) is 38.5 Å². The summed E-state index contributed by atoms with van der Waals surface area (Å²) in [5.74, 6) is -0.0594. The molecule has 7 heteroatoms. The van der Waals surface area contributed by atoms with Crippen molar-refractivity contribution in [1.82, 2.24) is 10.2 Å². The predicted octanol–water partition coefficient (Wildman–Crippen LogP) is 2.19. The van der Waals surface area contributed by atoms with Gasteiger partial charge in [-0.1, -0.05) is 18.2 Å². The van der Waals surface area contributed by atoms with Crippen molar-refractivity contribution in [2.45, 2.75) is 13.0 Å². The van der Waals surface area contributed by atoms with Crippen LogP contribution in [0.25, 0.3) is 0 Å². The lowest BCUT2D eigenvalue weighted by Gasteiger charge is -2.36. The second-order valence-corrected chi connectivity index (χ2v) is 6.61. The Morgan fingerprint density at radius 1 is 1.04 bits per heavy atom. The molecule has 3 rings (SSSR count). The number of methoxy groups -OCH3 is 1. The van der Waals surface area contributed by atoms with Crippen LogP contribution >= 0.6 is 0 Å². The molecule has 148 valence electrons. The second kappa shape index (κ2) is 9.21. The fourth-order valence-electron chi connectivity index (χ4n) is 3.22. The van der Waals surface area contributed by atoms with Crippen LogP contribution in [0.1, 0.15) is 12.0 Å². The second-order valence-electron chi connectivity index (χ2n) is 6.61. The quantitative estimate of drug-likeness (QED) is 0.775. The lowest BCUT2D eigenvalue weighted by atomic mass is 10.2. The van der Waals surface area contributed by atoms with Crippen molar-refractivity contribution in [2.24, 2.45) is 0 Å². The van der Waals surface area contributed by atoms with Gasteiger partial charge in [-0.05, 0) is 30.3 Å². The van der Waals surface area contributed by atoms with Crippen LogP contribution < -0.4 is 15.0 Å². The van der Waals surface area contributed by atoms with Crippen LogP contribution in [0.15, 0.2) is 48.5 Å². The molecule has 1 aliphatic heterocycles. The molecule has 0 atom stereocenters. The van der Waals surface area contributed by atoms with E-state index in [4.69, 9.17) is 4.74 Å². The SMILES string of the molecule is COc1ccccc1CNC(=O)CC(=O)N1CCN(c2ccc(F)cc2)CC1. The van der Waals surface area contributed by atoms with Gasteiger partial charge in [0.1, 0.15) is 18.0 Å². The van der Waals surface area contributed by atoms with E-state index in [9.17, 15) is 14.0 Å². The first-order chi connectivity index (χ1) is 13.6. The van der Waals surface area contributed by atoms with Crippen LogP contribution in [0, 0.1) is 5.82 Å². The number of nitrogens with zero attached hydrogens (tertiary/aromatic N) is 2. The largest absolute Gasteiger partial charge is 0.496 e. The molecule has 0 spiro atoms. The Hall–Kier alpha value is -3.09. The molecule has 1 fully saturated rings. The Morgan fingerprint density at radius 3 is 2.39 bits per heavy atom. The van der Waals surface area contributed by atoms with Crippen LogP contribution in [-0.4, -0.2) is 50.0 Å². The van der Waals surface area contributed by atoms with E-state index in [1.54, 1.807) is 24.1 Å². The van der Waals surface area contributed by atoms with E-state index >= 15 is 0 Å². The molecule has 0 aromatic heterocycles. The van der Waals surface area contributed by atoms with E-state index in [2.05, 4.69) is 10.2 Å². The fourth-order valence-corrected chi connectivity index (χ4v) is 3.22. The van der Waals surface area contributed by atoms with Crippen molar-refractivity contribution in [3.8, 4) is 5.75 Å². The molecule has 1 N–H and O–H groups in total. The number of piperazine rings is 1. The topological polar surface area (TPSA) is 61.9 Å². The highest BCUT2D eigenvalue weighted by Crippen LogP contribution is 2.18. The number of rotatable bonds is 6. The number of anilines is 1. The molecule has 2 aromatic rings. The Bertz CT molecular complexity index is 818. The van der Waals surface area contributed by atoms with E-state index in [1.807, 2.05) is 24.3 Å². The van der Waals surface area contributed by atoms with Crippen LogP contribution in [-0.2, 0) is 16.1 Å². The molecule has 1 aliphatic rings. The third kappa shape index (κ3) is 5.00. The zero-order chi connectivity index (χ0) is 19.9. The number of amides is 2. The molecule has 0 radical (unpaired) electrons. The van der Waals surface area contributed by atoms with Crippen LogP contribution in [0.5, 0.6) is 5.75 Å². The minimum Gasteiger partial charge on any atom is -0.496 e. The van der Waals surface area contributed by atoms with Gasteiger partial charge in [-0.15, -0.1) is 0 Å². The summed E-state index contributed by atoms with van der Waals surface area (Å²) in [4.78, 5) is 28.3. The lowest BCUT2D eigenvalue weighted by Crippen LogP contribution is -2.49. The summed E-state index contributed by atoms with van der Waals surface area (Å²) in [6, 6.07) is 13.8. The molecule has 28 heavy (non-hydrogen) atoms. The lowest BCUT2D eigenvalue weighted by molar-refractivity contribution is -0.136. The zero-order valence-electron chi connectivity index (χ0n) is 15.9. The summed E-state index contributed by atoms with van der Waals surface area (Å²) in [5, 5.41) is 2.77. The monoisotopic (exact) mass is 385 g/mol. The predicted molar refractivity (Wildman–Crippen MR) is 105 cm³/mol. The van der Waals surface area contributed by atoms with Crippen LogP contribution in [0.2, 0.25) is 0 Å². The smallest absolute Gasteiger partial charge is 0.232 e. The first-order valence-electron chi connectivity index (χ1n) is 9.23. The van der Waals surface area contributed by atoms with Crippen molar-refractivity contribution >= 4 is 17.5 Å². The number of ether oxygens (including phenoxy) is 1. The van der Waals surface area contributed by atoms with Gasteiger partial charge in [-0.25, -0.2) is 4.39 Å². The Morgan fingerprint density at radius 2 is 1.71 bits per heavy atom. The molecular formula is C21H24FN3O3. The molecule has 0 bridgehead atoms. The summed E-state index contributed by atoms with van der Waals surface area (Å²) >= 11 is 0. The van der Waals surface area contributed by atoms with Crippen LogP contribution in [0.4, 0.5) is 10.1 Å². The average Bonchev–Trinajstić information content (AvgIpc) is 2.73. The van der Waals surface area contributed by atoms with Gasteiger partial charge in [0.15, 0.2) is 0 Å². The van der Waals surface area contributed by atoms with E-state index in [0.717, 1.165) is 11.3 Å². The maximum absolute atomic E-state index is 13.0. The van der Waals surface area contributed by atoms with Gasteiger partial charge in [-0.2, -0.15) is 0 Å². The summed E-state index contributed by atoms with van der Waals surface area (Å²) in [6.45, 7) is 2.70. The number of hydrogen-bond acceptors (Lipinski definition) is 4. The molecule has 2 aromatic carbocycles. The fraction of sp³-hybridized carbons (Fsp3) is 0.333. The van der Waals surface area contributed by atoms with Gasteiger partial charge in [0.2, 0.25) is 11.8 Å². The van der Waals surface area contributed by atoms with E-state index < -0.39 is 0 Å². The molecule has 0 aliphatic carbocycles. The van der Waals surface area contributed by atoms with Crippen molar-refractivity contribution in [2.75, 3.05) is 38.2 Å². The van der Waals surface area contributed by atoms with Crippen molar-refractivity contribution in [3.63, 3.8) is 0 Å². The molecule has 0 saturated carbocycles. The normalized spacial score (nSPS) is 13.9. The number of halogens is 1. The average molecular weight is 385 g/mol. The molecule has 0 unspecified atom stereocenters. The maximum Gasteiger partial charge on any atom is 0.232 e. The Balaban J connectivity index is 1.45. The standard InChI is InChI=1S/C21H24FN3O3/c1-28-19-5-3-2-4-16(19)15-23-20(26)14-21(27)25-12-10-24(11-13-25)18-8-6-17(22)7-9-18/h2-9H,10-15H2,1H3,(H,23,26). The number of nitrogens with one attached hydrogen (secondary N) is 1. The molecule has 1 saturated heterocycles. The van der Waals surface area contributed by atoms with Gasteiger partial charge >= 0.3 is 0 Å². The molecular weight excluding hydrogens is 361 g/mol. The Labute approximate surface area is 163 Å². The van der Waals surface area contributed by atoms with Gasteiger partial charge < -0.3 is 19.9 Å². The number of benzene rings is 2. The van der Waals surface area contributed by atoms with Gasteiger partial charge in [0, 0.05) is 44.0 Å². The summed E-state index contributed by atoms with van der Waals surface area (Å²) in [5.41, 5.74) is 1.79. The summed E-state index contributed by atoms with van der Waals surface area (Å²) < 4.78 is 18.3. The van der Waals surface area contributed by atoms with Crippen molar-refractivity contribution in [1.29, 1.82) is 0 Å². The van der Waals surface area contributed by atoms with Crippen molar-refractivity contribution in [3.05, 3.63) is 59.9 Å². The van der Waals surface area contributed by atoms with E-state index in [-0.39, 0.29) is 24.1 Å². The highest BCUT2D eigenvalue weighted by molar-refractivity contribution is 5.97. The van der Waals surface area contributed by atoms with Gasteiger partial charge in [0.05, 0.1) is 7.11 Å². The first kappa shape index (κ1) is 19.7. The number of hydrogen-bond donors (Lipinski definition) is 1. The zero-order valence-corrected chi connectivity index (χ0v) is 15.9. The highest BCUT2D eigenvalue weighted by atomic mass is 19.1. The van der Waals surface area contributed by atoms with Crippen molar-refractivity contribution < 1.29 is 18.7 Å². The van der Waals surface area contributed by atoms with Gasteiger partial charge in [0.25, 0.3) is 0 Å². The third-order valence-electron chi connectivity index (χ3n) is 4.80. The summed E-state index contributed by atoms with van der Waals surface area (Å²) in [6.07, 6.45) is -0.175. The first-order valence-corrected chi connectivity index (χ1v) is 9.23. The minimum atomic E-state index is -0.308. The summed E-state index contributed by atoms with van der Waals surface area (Å²) in [7, 11) is 1.58. The van der Waals surface area contributed by atoms with Crippen LogP contribution in [0.3, 0.4) is 0 Å².